The first kappa shape index (κ1) is 28.1. The van der Waals surface area contributed by atoms with Crippen molar-refractivity contribution in [2.45, 2.75) is 74.9 Å². The molecule has 2 aromatic carbocycles. The average molecular weight is 550 g/mol. The van der Waals surface area contributed by atoms with E-state index >= 15 is 0 Å². The number of hydrogen-bond donors (Lipinski definition) is 0. The fourth-order valence-electron chi connectivity index (χ4n) is 4.75. The van der Waals surface area contributed by atoms with Gasteiger partial charge < -0.3 is 18.9 Å². The Morgan fingerprint density at radius 3 is 2.50 bits per heavy atom. The van der Waals surface area contributed by atoms with E-state index in [2.05, 4.69) is 0 Å². The molecular weight excluding hydrogens is 515 g/mol. The van der Waals surface area contributed by atoms with Crippen molar-refractivity contribution in [1.82, 2.24) is 14.5 Å². The Kier molecular flexibility index (Phi) is 8.20. The fraction of sp³-hybridized carbons (Fsp3) is 0.500. The minimum Gasteiger partial charge on any atom is -0.497 e. The molecule has 0 saturated carbocycles. The summed E-state index contributed by atoms with van der Waals surface area (Å²) < 4.78 is 50.9. The number of halogens is 3. The smallest absolute Gasteiger partial charge is 0.389 e. The van der Waals surface area contributed by atoms with Gasteiger partial charge in [0.15, 0.2) is 0 Å². The van der Waals surface area contributed by atoms with Crippen molar-refractivity contribution in [2.75, 3.05) is 20.8 Å². The van der Waals surface area contributed by atoms with Crippen LogP contribution in [-0.2, 0) is 23.3 Å². The van der Waals surface area contributed by atoms with E-state index < -0.39 is 12.6 Å². The van der Waals surface area contributed by atoms with Gasteiger partial charge in [-0.15, -0.1) is 11.8 Å². The SMILES string of the molecule is COc1ccc(CN2CCC(Sc3ccc4c(c3)nc(C(C)(C)C)n4CCCC(F)(F)F)C2=O)c(OC)c1. The molecule has 0 N–H and O–H groups in total. The van der Waals surface area contributed by atoms with Crippen molar-refractivity contribution in [3.8, 4) is 11.5 Å². The molecule has 0 spiro atoms. The number of likely N-dealkylation sites (tertiary alicyclic amines) is 1. The molecule has 4 rings (SSSR count). The zero-order valence-corrected chi connectivity index (χ0v) is 23.2. The lowest BCUT2D eigenvalue weighted by molar-refractivity contribution is -0.136. The summed E-state index contributed by atoms with van der Waals surface area (Å²) in [6.45, 7) is 7.38. The number of carbonyl (C=O) groups is 1. The number of hydrogen-bond acceptors (Lipinski definition) is 5. The summed E-state index contributed by atoms with van der Waals surface area (Å²) in [6, 6.07) is 11.4. The third kappa shape index (κ3) is 6.39. The number of fused-ring (bicyclic) bond motifs is 1. The standard InChI is InChI=1S/C28H34F3N3O3S/c1-27(2,3)26-32-21-16-20(9-10-22(21)34(26)13-6-12-28(29,30)31)38-24-11-14-33(25(24)35)17-18-7-8-19(36-4)15-23(18)37-5/h7-10,15-16,24H,6,11-14,17H2,1-5H3. The van der Waals surface area contributed by atoms with Crippen LogP contribution in [0, 0.1) is 0 Å². The van der Waals surface area contributed by atoms with Crippen LogP contribution in [0.15, 0.2) is 41.3 Å². The number of nitrogens with zero attached hydrogens (tertiary/aromatic N) is 3. The minimum absolute atomic E-state index is 0.0000664. The molecule has 0 radical (unpaired) electrons. The van der Waals surface area contributed by atoms with Crippen LogP contribution in [-0.4, -0.2) is 52.5 Å². The lowest BCUT2D eigenvalue weighted by Gasteiger charge is -2.20. The van der Waals surface area contributed by atoms with Gasteiger partial charge in [-0.1, -0.05) is 20.8 Å². The van der Waals surface area contributed by atoms with Crippen molar-refractivity contribution in [3.63, 3.8) is 0 Å². The molecule has 6 nitrogen and oxygen atoms in total. The van der Waals surface area contributed by atoms with E-state index in [1.54, 1.807) is 14.2 Å². The van der Waals surface area contributed by atoms with Crippen LogP contribution in [0.1, 0.15) is 51.4 Å². The number of alkyl halides is 3. The number of aromatic nitrogens is 2. The number of imidazole rings is 1. The summed E-state index contributed by atoms with van der Waals surface area (Å²) >= 11 is 1.51. The summed E-state index contributed by atoms with van der Waals surface area (Å²) in [5, 5.41) is -0.215. The van der Waals surface area contributed by atoms with Crippen molar-refractivity contribution < 1.29 is 27.4 Å². The van der Waals surface area contributed by atoms with Gasteiger partial charge in [-0.25, -0.2) is 4.98 Å². The Morgan fingerprint density at radius 2 is 1.84 bits per heavy atom. The normalized spacial score (nSPS) is 16.5. The van der Waals surface area contributed by atoms with Gasteiger partial charge in [0.25, 0.3) is 0 Å². The van der Waals surface area contributed by atoms with Gasteiger partial charge in [-0.05, 0) is 43.2 Å². The predicted octanol–water partition coefficient (Wildman–Crippen LogP) is 6.59. The van der Waals surface area contributed by atoms with Gasteiger partial charge >= 0.3 is 6.18 Å². The molecule has 1 atom stereocenters. The molecule has 0 aliphatic carbocycles. The van der Waals surface area contributed by atoms with Gasteiger partial charge in [0.05, 0.1) is 30.5 Å². The molecule has 10 heteroatoms. The van der Waals surface area contributed by atoms with Crippen LogP contribution < -0.4 is 9.47 Å². The number of carbonyl (C=O) groups excluding carboxylic acids is 1. The molecule has 2 heterocycles. The van der Waals surface area contributed by atoms with Gasteiger partial charge in [-0.3, -0.25) is 4.79 Å². The monoisotopic (exact) mass is 549 g/mol. The number of thioether (sulfide) groups is 1. The van der Waals surface area contributed by atoms with E-state index in [4.69, 9.17) is 14.5 Å². The second-order valence-corrected chi connectivity index (χ2v) is 11.8. The average Bonchev–Trinajstić information content (AvgIpc) is 3.39. The number of benzene rings is 2. The number of methoxy groups -OCH3 is 2. The van der Waals surface area contributed by atoms with Crippen molar-refractivity contribution in [1.29, 1.82) is 0 Å². The maximum atomic E-state index is 13.2. The van der Waals surface area contributed by atoms with Crippen molar-refractivity contribution >= 4 is 28.7 Å². The molecule has 38 heavy (non-hydrogen) atoms. The van der Waals surface area contributed by atoms with Crippen LogP contribution >= 0.6 is 11.8 Å². The van der Waals surface area contributed by atoms with E-state index in [1.165, 1.54) is 11.8 Å². The maximum Gasteiger partial charge on any atom is 0.389 e. The topological polar surface area (TPSA) is 56.6 Å². The zero-order chi connectivity index (χ0) is 27.7. The van der Waals surface area contributed by atoms with Crippen LogP contribution in [0.4, 0.5) is 13.2 Å². The van der Waals surface area contributed by atoms with Crippen molar-refractivity contribution in [3.05, 3.63) is 47.8 Å². The number of rotatable bonds is 9. The Bertz CT molecular complexity index is 1300. The van der Waals surface area contributed by atoms with Gasteiger partial charge in [-0.2, -0.15) is 13.2 Å². The lowest BCUT2D eigenvalue weighted by atomic mass is 9.95. The van der Waals surface area contributed by atoms with Crippen molar-refractivity contribution in [2.24, 2.45) is 0 Å². The maximum absolute atomic E-state index is 13.2. The van der Waals surface area contributed by atoms with Crippen LogP contribution in [0.3, 0.4) is 0 Å². The van der Waals surface area contributed by atoms with Crippen LogP contribution in [0.25, 0.3) is 11.0 Å². The Hall–Kier alpha value is -2.88. The van der Waals surface area contributed by atoms with Gasteiger partial charge in [0.2, 0.25) is 5.91 Å². The molecule has 1 aliphatic heterocycles. The zero-order valence-electron chi connectivity index (χ0n) is 22.4. The number of ether oxygens (including phenoxy) is 2. The summed E-state index contributed by atoms with van der Waals surface area (Å²) in [7, 11) is 3.20. The molecule has 1 amide bonds. The molecule has 1 saturated heterocycles. The van der Waals surface area contributed by atoms with Gasteiger partial charge in [0.1, 0.15) is 17.3 Å². The quantitative estimate of drug-likeness (QED) is 0.302. The summed E-state index contributed by atoms with van der Waals surface area (Å²) in [4.78, 5) is 20.8. The summed E-state index contributed by atoms with van der Waals surface area (Å²) in [5.41, 5.74) is 2.14. The Labute approximate surface area is 225 Å². The number of aryl methyl sites for hydroxylation is 1. The Morgan fingerprint density at radius 1 is 1.08 bits per heavy atom. The second kappa shape index (κ2) is 11.1. The van der Waals surface area contributed by atoms with Crippen LogP contribution in [0.2, 0.25) is 0 Å². The highest BCUT2D eigenvalue weighted by molar-refractivity contribution is 8.00. The largest absolute Gasteiger partial charge is 0.497 e. The minimum atomic E-state index is -4.18. The highest BCUT2D eigenvalue weighted by Crippen LogP contribution is 2.36. The fourth-order valence-corrected chi connectivity index (χ4v) is 5.88. The molecule has 1 aliphatic rings. The predicted molar refractivity (Wildman–Crippen MR) is 143 cm³/mol. The first-order valence-corrected chi connectivity index (χ1v) is 13.5. The first-order valence-electron chi connectivity index (χ1n) is 12.6. The molecule has 1 unspecified atom stereocenters. The Balaban J connectivity index is 1.49. The summed E-state index contributed by atoms with van der Waals surface area (Å²) in [5.74, 6) is 2.20. The first-order chi connectivity index (χ1) is 17.9. The third-order valence-corrected chi connectivity index (χ3v) is 7.86. The number of amides is 1. The van der Waals surface area contributed by atoms with E-state index in [1.807, 2.05) is 66.6 Å². The summed E-state index contributed by atoms with van der Waals surface area (Å²) in [6.07, 6.45) is -4.28. The molecule has 0 bridgehead atoms. The van der Waals surface area contributed by atoms with E-state index in [9.17, 15) is 18.0 Å². The van der Waals surface area contributed by atoms with E-state index in [0.717, 1.165) is 33.7 Å². The van der Waals surface area contributed by atoms with Crippen LogP contribution in [0.5, 0.6) is 11.5 Å². The molecule has 3 aromatic rings. The molecule has 1 fully saturated rings. The molecule has 1 aromatic heterocycles. The second-order valence-electron chi connectivity index (χ2n) is 10.5. The highest BCUT2D eigenvalue weighted by Gasteiger charge is 2.33. The highest BCUT2D eigenvalue weighted by atomic mass is 32.2. The van der Waals surface area contributed by atoms with E-state index in [0.29, 0.717) is 24.6 Å². The third-order valence-electron chi connectivity index (χ3n) is 6.61. The molecular formula is C28H34F3N3O3S. The van der Waals surface area contributed by atoms with E-state index in [-0.39, 0.29) is 29.5 Å². The molecule has 206 valence electrons. The lowest BCUT2D eigenvalue weighted by Crippen LogP contribution is -2.28. The van der Waals surface area contributed by atoms with Gasteiger partial charge in [0, 0.05) is 48.0 Å².